The number of rotatable bonds is 7. The molecule has 0 spiro atoms. The van der Waals surface area contributed by atoms with E-state index in [-0.39, 0.29) is 31.3 Å². The third-order valence-electron chi connectivity index (χ3n) is 3.11. The standard InChI is InChI=1S/C14H14F3N3O4/c1-10-18-8-13(20(21)22)19(10)6-7-23-9-11-2-4-12(5-3-11)24-14(15,16)17/h2-5,8H,6-7,9H2,1H3. The molecular weight excluding hydrogens is 331 g/mol. The maximum atomic E-state index is 12.0. The van der Waals surface area contributed by atoms with Crippen LogP contribution in [0.4, 0.5) is 19.0 Å². The third-order valence-corrected chi connectivity index (χ3v) is 3.11. The zero-order valence-corrected chi connectivity index (χ0v) is 12.6. The zero-order valence-electron chi connectivity index (χ0n) is 12.6. The van der Waals surface area contributed by atoms with E-state index in [2.05, 4.69) is 9.72 Å². The van der Waals surface area contributed by atoms with Gasteiger partial charge in [0.1, 0.15) is 18.5 Å². The fraction of sp³-hybridized carbons (Fsp3) is 0.357. The van der Waals surface area contributed by atoms with Crippen LogP contribution in [0.3, 0.4) is 0 Å². The fourth-order valence-electron chi connectivity index (χ4n) is 2.01. The summed E-state index contributed by atoms with van der Waals surface area (Å²) < 4.78 is 46.7. The van der Waals surface area contributed by atoms with Gasteiger partial charge < -0.3 is 19.6 Å². The Morgan fingerprint density at radius 3 is 2.54 bits per heavy atom. The second-order valence-electron chi connectivity index (χ2n) is 4.82. The summed E-state index contributed by atoms with van der Waals surface area (Å²) >= 11 is 0. The van der Waals surface area contributed by atoms with Crippen LogP contribution in [0.5, 0.6) is 5.75 Å². The number of aromatic nitrogens is 2. The molecule has 7 nitrogen and oxygen atoms in total. The summed E-state index contributed by atoms with van der Waals surface area (Å²) in [5, 5.41) is 10.8. The van der Waals surface area contributed by atoms with E-state index >= 15 is 0 Å². The van der Waals surface area contributed by atoms with Crippen LogP contribution < -0.4 is 4.74 Å². The van der Waals surface area contributed by atoms with Gasteiger partial charge >= 0.3 is 12.2 Å². The highest BCUT2D eigenvalue weighted by atomic mass is 19.4. The number of halogens is 3. The quantitative estimate of drug-likeness (QED) is 0.437. The van der Waals surface area contributed by atoms with Crippen molar-refractivity contribution in [3.8, 4) is 5.75 Å². The van der Waals surface area contributed by atoms with Gasteiger partial charge in [-0.3, -0.25) is 0 Å². The van der Waals surface area contributed by atoms with Crippen LogP contribution in [0.25, 0.3) is 0 Å². The Kier molecular flexibility index (Phi) is 5.39. The highest BCUT2D eigenvalue weighted by molar-refractivity contribution is 5.27. The van der Waals surface area contributed by atoms with Crippen molar-refractivity contribution in [3.05, 3.63) is 52.0 Å². The van der Waals surface area contributed by atoms with Gasteiger partial charge in [-0.2, -0.15) is 0 Å². The number of nitrogens with zero attached hydrogens (tertiary/aromatic N) is 3. The number of ether oxygens (including phenoxy) is 2. The lowest BCUT2D eigenvalue weighted by Gasteiger charge is -2.09. The van der Waals surface area contributed by atoms with Crippen molar-refractivity contribution < 1.29 is 27.6 Å². The SMILES string of the molecule is Cc1ncc([N+](=O)[O-])n1CCOCc1ccc(OC(F)(F)F)cc1. The van der Waals surface area contributed by atoms with Gasteiger partial charge in [0.25, 0.3) is 0 Å². The Morgan fingerprint density at radius 2 is 1.96 bits per heavy atom. The number of imidazole rings is 1. The Labute approximate surface area is 134 Å². The minimum Gasteiger partial charge on any atom is -0.406 e. The minimum absolute atomic E-state index is 0.121. The first-order valence-electron chi connectivity index (χ1n) is 6.85. The van der Waals surface area contributed by atoms with E-state index in [4.69, 9.17) is 4.74 Å². The minimum atomic E-state index is -4.73. The van der Waals surface area contributed by atoms with Crippen molar-refractivity contribution in [3.63, 3.8) is 0 Å². The Hall–Kier alpha value is -2.62. The van der Waals surface area contributed by atoms with Gasteiger partial charge in [0.2, 0.25) is 0 Å². The molecule has 0 amide bonds. The monoisotopic (exact) mass is 345 g/mol. The van der Waals surface area contributed by atoms with E-state index in [9.17, 15) is 23.3 Å². The number of alkyl halides is 3. The van der Waals surface area contributed by atoms with Gasteiger partial charge in [0.05, 0.1) is 13.2 Å². The molecule has 2 aromatic rings. The predicted molar refractivity (Wildman–Crippen MR) is 76.4 cm³/mol. The summed E-state index contributed by atoms with van der Waals surface area (Å²) in [4.78, 5) is 14.2. The molecule has 0 saturated heterocycles. The van der Waals surface area contributed by atoms with Crippen LogP contribution in [0.1, 0.15) is 11.4 Å². The van der Waals surface area contributed by atoms with Crippen molar-refractivity contribution in [2.24, 2.45) is 0 Å². The molecule has 0 aliphatic heterocycles. The van der Waals surface area contributed by atoms with Crippen LogP contribution in [0.2, 0.25) is 0 Å². The average molecular weight is 345 g/mol. The maximum Gasteiger partial charge on any atom is 0.573 e. The number of nitro groups is 1. The second kappa shape index (κ2) is 7.30. The number of aryl methyl sites for hydroxylation is 1. The molecule has 0 unspecified atom stereocenters. The zero-order chi connectivity index (χ0) is 17.7. The van der Waals surface area contributed by atoms with Gasteiger partial charge in [0.15, 0.2) is 5.82 Å². The third kappa shape index (κ3) is 4.95. The highest BCUT2D eigenvalue weighted by Crippen LogP contribution is 2.23. The molecule has 24 heavy (non-hydrogen) atoms. The molecule has 1 aromatic heterocycles. The smallest absolute Gasteiger partial charge is 0.406 e. The molecule has 10 heteroatoms. The lowest BCUT2D eigenvalue weighted by molar-refractivity contribution is -0.392. The van der Waals surface area contributed by atoms with E-state index in [1.807, 2.05) is 0 Å². The summed E-state index contributed by atoms with van der Waals surface area (Å²) in [6, 6.07) is 5.28. The molecule has 0 radical (unpaired) electrons. The first-order chi connectivity index (χ1) is 11.3. The van der Waals surface area contributed by atoms with E-state index < -0.39 is 11.3 Å². The molecule has 1 aromatic carbocycles. The maximum absolute atomic E-state index is 12.0. The van der Waals surface area contributed by atoms with Crippen LogP contribution in [0, 0.1) is 17.0 Å². The number of benzene rings is 1. The van der Waals surface area contributed by atoms with E-state index in [0.29, 0.717) is 11.4 Å². The van der Waals surface area contributed by atoms with Crippen molar-refractivity contribution in [1.29, 1.82) is 0 Å². The predicted octanol–water partition coefficient (Wildman–Crippen LogP) is 3.22. The molecule has 0 fully saturated rings. The van der Waals surface area contributed by atoms with Crippen molar-refractivity contribution >= 4 is 5.82 Å². The summed E-state index contributed by atoms with van der Waals surface area (Å²) in [5.74, 6) is 0.0691. The van der Waals surface area contributed by atoms with Crippen LogP contribution >= 0.6 is 0 Å². The highest BCUT2D eigenvalue weighted by Gasteiger charge is 2.30. The second-order valence-corrected chi connectivity index (χ2v) is 4.82. The van der Waals surface area contributed by atoms with E-state index in [1.165, 1.54) is 35.0 Å². The largest absolute Gasteiger partial charge is 0.573 e. The molecular formula is C14H14F3N3O4. The van der Waals surface area contributed by atoms with Gasteiger partial charge in [-0.1, -0.05) is 12.1 Å². The summed E-state index contributed by atoms with van der Waals surface area (Å²) in [6.45, 7) is 2.25. The summed E-state index contributed by atoms with van der Waals surface area (Å²) in [5.41, 5.74) is 0.654. The average Bonchev–Trinajstić information content (AvgIpc) is 2.85. The topological polar surface area (TPSA) is 79.4 Å². The Bertz CT molecular complexity index is 698. The van der Waals surface area contributed by atoms with Gasteiger partial charge in [0, 0.05) is 6.92 Å². The fourth-order valence-corrected chi connectivity index (χ4v) is 2.01. The normalized spacial score (nSPS) is 11.5. The number of hydrogen-bond donors (Lipinski definition) is 0. The van der Waals surface area contributed by atoms with E-state index in [0.717, 1.165) is 0 Å². The molecule has 2 rings (SSSR count). The Balaban J connectivity index is 1.83. The van der Waals surface area contributed by atoms with Gasteiger partial charge in [-0.05, 0) is 22.6 Å². The number of hydrogen-bond acceptors (Lipinski definition) is 5. The molecule has 130 valence electrons. The molecule has 0 saturated carbocycles. The first-order valence-corrected chi connectivity index (χ1v) is 6.85. The lowest BCUT2D eigenvalue weighted by Crippen LogP contribution is -2.17. The van der Waals surface area contributed by atoms with Gasteiger partial charge in [-0.15, -0.1) is 13.2 Å². The van der Waals surface area contributed by atoms with Crippen molar-refractivity contribution in [2.75, 3.05) is 6.61 Å². The lowest BCUT2D eigenvalue weighted by atomic mass is 10.2. The molecule has 0 aliphatic carbocycles. The van der Waals surface area contributed by atoms with Crippen LogP contribution in [-0.4, -0.2) is 27.4 Å². The molecule has 0 atom stereocenters. The van der Waals surface area contributed by atoms with Gasteiger partial charge in [-0.25, -0.2) is 9.55 Å². The van der Waals surface area contributed by atoms with Crippen LogP contribution in [0.15, 0.2) is 30.5 Å². The molecule has 0 aliphatic rings. The summed E-state index contributed by atoms with van der Waals surface area (Å²) in [7, 11) is 0. The summed E-state index contributed by atoms with van der Waals surface area (Å²) in [6.07, 6.45) is -3.55. The Morgan fingerprint density at radius 1 is 1.29 bits per heavy atom. The molecule has 1 heterocycles. The van der Waals surface area contributed by atoms with Crippen LogP contribution in [-0.2, 0) is 17.9 Å². The van der Waals surface area contributed by atoms with Crippen molar-refractivity contribution in [2.45, 2.75) is 26.4 Å². The van der Waals surface area contributed by atoms with Crippen molar-refractivity contribution in [1.82, 2.24) is 9.55 Å². The van der Waals surface area contributed by atoms with E-state index in [1.54, 1.807) is 6.92 Å². The first kappa shape index (κ1) is 17.7. The molecule has 0 N–H and O–H groups in total. The molecule has 0 bridgehead atoms.